The first kappa shape index (κ1) is 11.5. The Labute approximate surface area is 92.2 Å². The van der Waals surface area contributed by atoms with Crippen LogP contribution in [0.3, 0.4) is 0 Å². The Kier molecular flexibility index (Phi) is 3.19. The average Bonchev–Trinajstić information content (AvgIpc) is 2.68. The van der Waals surface area contributed by atoms with Crippen molar-refractivity contribution in [2.24, 2.45) is 0 Å². The smallest absolute Gasteiger partial charge is 0.159 e. The van der Waals surface area contributed by atoms with Crippen LogP contribution in [0.15, 0.2) is 18.2 Å². The molecule has 1 fully saturated rings. The highest BCUT2D eigenvalue weighted by molar-refractivity contribution is 5.21. The molecule has 3 unspecified atom stereocenters. The molecule has 0 bridgehead atoms. The monoisotopic (exact) mass is 230 g/mol. The van der Waals surface area contributed by atoms with E-state index in [1.807, 2.05) is 6.92 Å². The van der Waals surface area contributed by atoms with Crippen molar-refractivity contribution < 1.29 is 17.9 Å². The van der Waals surface area contributed by atoms with Crippen LogP contribution in [0, 0.1) is 11.6 Å². The first-order valence-electron chi connectivity index (χ1n) is 5.32. The maximum absolute atomic E-state index is 13.9. The van der Waals surface area contributed by atoms with Crippen LogP contribution in [0.2, 0.25) is 0 Å². The summed E-state index contributed by atoms with van der Waals surface area (Å²) in [5.41, 5.74) is 0.137. The van der Waals surface area contributed by atoms with E-state index in [1.54, 1.807) is 0 Å². The molecule has 1 aromatic rings. The molecule has 1 aromatic carbocycles. The fourth-order valence-corrected chi connectivity index (χ4v) is 1.95. The number of hydrogen-bond donors (Lipinski definition) is 0. The first-order chi connectivity index (χ1) is 7.58. The molecule has 4 heteroatoms. The lowest BCUT2D eigenvalue weighted by Crippen LogP contribution is -2.15. The van der Waals surface area contributed by atoms with Crippen LogP contribution in [0.4, 0.5) is 13.2 Å². The molecule has 0 aliphatic carbocycles. The SMILES string of the molecule is CC1CCC(C(F)c2ccc(F)c(F)c2)O1. The van der Waals surface area contributed by atoms with E-state index in [2.05, 4.69) is 0 Å². The Morgan fingerprint density at radius 3 is 2.56 bits per heavy atom. The summed E-state index contributed by atoms with van der Waals surface area (Å²) >= 11 is 0. The summed E-state index contributed by atoms with van der Waals surface area (Å²) in [6.07, 6.45) is -0.482. The molecule has 1 nitrogen and oxygen atoms in total. The maximum atomic E-state index is 13.9. The lowest BCUT2D eigenvalue weighted by atomic mass is 10.0. The molecule has 1 aliphatic heterocycles. The third-order valence-corrected chi connectivity index (χ3v) is 2.85. The zero-order valence-electron chi connectivity index (χ0n) is 8.92. The number of alkyl halides is 1. The summed E-state index contributed by atoms with van der Waals surface area (Å²) < 4.78 is 44.9. The molecule has 1 aliphatic rings. The normalized spacial score (nSPS) is 27.0. The van der Waals surface area contributed by atoms with E-state index in [4.69, 9.17) is 4.74 Å². The first-order valence-corrected chi connectivity index (χ1v) is 5.32. The number of halogens is 3. The van der Waals surface area contributed by atoms with E-state index in [-0.39, 0.29) is 11.7 Å². The van der Waals surface area contributed by atoms with E-state index >= 15 is 0 Å². The van der Waals surface area contributed by atoms with Crippen LogP contribution in [0.5, 0.6) is 0 Å². The van der Waals surface area contributed by atoms with Gasteiger partial charge in [-0.05, 0) is 37.5 Å². The van der Waals surface area contributed by atoms with Crippen molar-refractivity contribution in [2.75, 3.05) is 0 Å². The van der Waals surface area contributed by atoms with Crippen molar-refractivity contribution in [2.45, 2.75) is 38.1 Å². The molecular weight excluding hydrogens is 217 g/mol. The second-order valence-corrected chi connectivity index (χ2v) is 4.14. The minimum atomic E-state index is -1.39. The van der Waals surface area contributed by atoms with Gasteiger partial charge in [0.05, 0.1) is 12.2 Å². The third kappa shape index (κ3) is 2.21. The highest BCUT2D eigenvalue weighted by Crippen LogP contribution is 2.33. The van der Waals surface area contributed by atoms with Gasteiger partial charge in [-0.1, -0.05) is 6.07 Å². The lowest BCUT2D eigenvalue weighted by molar-refractivity contribution is 0.00481. The van der Waals surface area contributed by atoms with Crippen LogP contribution in [-0.2, 0) is 4.74 Å². The topological polar surface area (TPSA) is 9.23 Å². The minimum Gasteiger partial charge on any atom is -0.372 e. The second kappa shape index (κ2) is 4.45. The Morgan fingerprint density at radius 1 is 1.25 bits per heavy atom. The van der Waals surface area contributed by atoms with Crippen molar-refractivity contribution in [3.05, 3.63) is 35.4 Å². The molecular formula is C12H13F3O. The Bertz CT molecular complexity index is 381. The Hall–Kier alpha value is -1.03. The molecule has 2 rings (SSSR count). The predicted molar refractivity (Wildman–Crippen MR) is 53.8 cm³/mol. The van der Waals surface area contributed by atoms with Crippen LogP contribution < -0.4 is 0 Å². The molecule has 0 spiro atoms. The van der Waals surface area contributed by atoms with Crippen molar-refractivity contribution in [1.82, 2.24) is 0 Å². The fraction of sp³-hybridized carbons (Fsp3) is 0.500. The molecule has 16 heavy (non-hydrogen) atoms. The van der Waals surface area contributed by atoms with Gasteiger partial charge in [0.15, 0.2) is 17.8 Å². The molecule has 0 aromatic heterocycles. The van der Waals surface area contributed by atoms with E-state index in [9.17, 15) is 13.2 Å². The molecule has 88 valence electrons. The third-order valence-electron chi connectivity index (χ3n) is 2.85. The van der Waals surface area contributed by atoms with Crippen LogP contribution in [0.1, 0.15) is 31.5 Å². The average molecular weight is 230 g/mol. The highest BCUT2D eigenvalue weighted by atomic mass is 19.2. The second-order valence-electron chi connectivity index (χ2n) is 4.14. The van der Waals surface area contributed by atoms with E-state index in [0.29, 0.717) is 6.42 Å². The van der Waals surface area contributed by atoms with Gasteiger partial charge in [-0.15, -0.1) is 0 Å². The van der Waals surface area contributed by atoms with Gasteiger partial charge < -0.3 is 4.74 Å². The Balaban J connectivity index is 2.14. The fourth-order valence-electron chi connectivity index (χ4n) is 1.95. The summed E-state index contributed by atoms with van der Waals surface area (Å²) in [6, 6.07) is 3.09. The maximum Gasteiger partial charge on any atom is 0.159 e. The van der Waals surface area contributed by atoms with Gasteiger partial charge in [0.25, 0.3) is 0 Å². The van der Waals surface area contributed by atoms with E-state index in [0.717, 1.165) is 18.6 Å². The molecule has 0 amide bonds. The molecule has 1 saturated heterocycles. The minimum absolute atomic E-state index is 0.0357. The molecule has 1 heterocycles. The predicted octanol–water partition coefficient (Wildman–Crippen LogP) is 3.54. The van der Waals surface area contributed by atoms with Gasteiger partial charge in [0, 0.05) is 0 Å². The van der Waals surface area contributed by atoms with E-state index in [1.165, 1.54) is 6.07 Å². The van der Waals surface area contributed by atoms with Crippen molar-refractivity contribution in [3.8, 4) is 0 Å². The van der Waals surface area contributed by atoms with Crippen LogP contribution >= 0.6 is 0 Å². The Morgan fingerprint density at radius 2 is 2.00 bits per heavy atom. The van der Waals surface area contributed by atoms with Gasteiger partial charge in [-0.3, -0.25) is 0 Å². The standard InChI is InChI=1S/C12H13F3O/c1-7-2-5-11(16-7)12(15)8-3-4-9(13)10(14)6-8/h3-4,6-7,11-12H,2,5H2,1H3. The zero-order chi connectivity index (χ0) is 11.7. The van der Waals surface area contributed by atoms with Gasteiger partial charge >= 0.3 is 0 Å². The largest absolute Gasteiger partial charge is 0.372 e. The summed E-state index contributed by atoms with van der Waals surface area (Å²) in [6.45, 7) is 1.87. The number of rotatable bonds is 2. The summed E-state index contributed by atoms with van der Waals surface area (Å²) in [4.78, 5) is 0. The highest BCUT2D eigenvalue weighted by Gasteiger charge is 2.31. The van der Waals surface area contributed by atoms with Crippen LogP contribution in [-0.4, -0.2) is 12.2 Å². The zero-order valence-corrected chi connectivity index (χ0v) is 8.92. The van der Waals surface area contributed by atoms with Gasteiger partial charge in [0.2, 0.25) is 0 Å². The van der Waals surface area contributed by atoms with Crippen molar-refractivity contribution >= 4 is 0 Å². The van der Waals surface area contributed by atoms with Crippen LogP contribution in [0.25, 0.3) is 0 Å². The molecule has 0 radical (unpaired) electrons. The number of hydrogen-bond acceptors (Lipinski definition) is 1. The summed E-state index contributed by atoms with van der Waals surface area (Å²) in [5, 5.41) is 0. The van der Waals surface area contributed by atoms with E-state index < -0.39 is 23.9 Å². The van der Waals surface area contributed by atoms with Gasteiger partial charge in [-0.25, -0.2) is 13.2 Å². The summed E-state index contributed by atoms with van der Waals surface area (Å²) in [7, 11) is 0. The van der Waals surface area contributed by atoms with Crippen molar-refractivity contribution in [3.63, 3.8) is 0 Å². The summed E-state index contributed by atoms with van der Waals surface area (Å²) in [5.74, 6) is -1.98. The van der Waals surface area contributed by atoms with Crippen molar-refractivity contribution in [1.29, 1.82) is 0 Å². The lowest BCUT2D eigenvalue weighted by Gasteiger charge is -2.16. The number of ether oxygens (including phenoxy) is 1. The number of benzene rings is 1. The van der Waals surface area contributed by atoms with Gasteiger partial charge in [0.1, 0.15) is 0 Å². The molecule has 0 N–H and O–H groups in total. The quantitative estimate of drug-likeness (QED) is 0.755. The molecule has 0 saturated carbocycles. The molecule has 3 atom stereocenters. The van der Waals surface area contributed by atoms with Gasteiger partial charge in [-0.2, -0.15) is 0 Å².